The molecule has 2 aromatic rings. The van der Waals surface area contributed by atoms with Crippen LogP contribution in [0.4, 0.5) is 17.1 Å². The van der Waals surface area contributed by atoms with Crippen molar-refractivity contribution < 1.29 is 9.59 Å². The summed E-state index contributed by atoms with van der Waals surface area (Å²) in [6, 6.07) is 11.4. The number of likely N-dealkylation sites (tertiary alicyclic amines) is 2. The highest BCUT2D eigenvalue weighted by molar-refractivity contribution is 6.39. The van der Waals surface area contributed by atoms with E-state index < -0.39 is 17.1 Å². The molecule has 0 bridgehead atoms. The lowest BCUT2D eigenvalue weighted by molar-refractivity contribution is -0.122. The molecule has 0 radical (unpaired) electrons. The van der Waals surface area contributed by atoms with Crippen LogP contribution in [0.1, 0.15) is 67.9 Å². The van der Waals surface area contributed by atoms with Gasteiger partial charge in [0.1, 0.15) is 11.9 Å². The monoisotopic (exact) mass is 621 g/mol. The molecule has 0 saturated carbocycles. The Bertz CT molecular complexity index is 1680. The van der Waals surface area contributed by atoms with E-state index in [2.05, 4.69) is 35.4 Å². The average Bonchev–Trinajstić information content (AvgIpc) is 3.80. The van der Waals surface area contributed by atoms with Crippen LogP contribution >= 0.6 is 0 Å². The van der Waals surface area contributed by atoms with Crippen LogP contribution in [0.2, 0.25) is 0 Å². The van der Waals surface area contributed by atoms with E-state index in [9.17, 15) is 9.59 Å². The second-order valence-corrected chi connectivity index (χ2v) is 13.7. The van der Waals surface area contributed by atoms with E-state index >= 15 is 0 Å². The number of rotatable bonds is 7. The van der Waals surface area contributed by atoms with Gasteiger partial charge in [-0.25, -0.2) is 20.0 Å². The molecule has 7 rings (SSSR count). The van der Waals surface area contributed by atoms with E-state index in [1.165, 1.54) is 12.8 Å². The minimum atomic E-state index is -0.740. The molecule has 5 heterocycles. The lowest BCUT2D eigenvalue weighted by Gasteiger charge is -2.37. The van der Waals surface area contributed by atoms with Gasteiger partial charge < -0.3 is 25.3 Å². The molecule has 2 saturated heterocycles. The van der Waals surface area contributed by atoms with Gasteiger partial charge in [0.05, 0.1) is 17.3 Å². The summed E-state index contributed by atoms with van der Waals surface area (Å²) in [6.45, 7) is 13.6. The molecule has 46 heavy (non-hydrogen) atoms. The fraction of sp³-hybridized carbons (Fsp3) is 0.486. The third kappa shape index (κ3) is 5.40. The van der Waals surface area contributed by atoms with E-state index in [0.717, 1.165) is 79.7 Å². The number of carbonyl (C=O) groups is 2. The molecule has 11 nitrogen and oxygen atoms in total. The third-order valence-corrected chi connectivity index (χ3v) is 10.1. The summed E-state index contributed by atoms with van der Waals surface area (Å²) in [6.07, 6.45) is 7.66. The Morgan fingerprint density at radius 2 is 1.74 bits per heavy atom. The van der Waals surface area contributed by atoms with Crippen molar-refractivity contribution in [2.45, 2.75) is 70.5 Å². The number of nitrogens with one attached hydrogen (secondary N) is 2. The van der Waals surface area contributed by atoms with Crippen molar-refractivity contribution in [2.75, 3.05) is 54.8 Å². The third-order valence-electron chi connectivity index (χ3n) is 10.1. The molecule has 240 valence electrons. The number of anilines is 3. The molecule has 2 unspecified atom stereocenters. The first-order chi connectivity index (χ1) is 22.1. The predicted octanol–water partition coefficient (Wildman–Crippen LogP) is 4.48. The molecule has 11 heteroatoms. The van der Waals surface area contributed by atoms with Gasteiger partial charge in [-0.15, -0.1) is 0 Å². The van der Waals surface area contributed by atoms with Gasteiger partial charge in [0, 0.05) is 48.8 Å². The topological polar surface area (TPSA) is 117 Å². The highest BCUT2D eigenvalue weighted by atomic mass is 16.2. The van der Waals surface area contributed by atoms with Gasteiger partial charge in [-0.05, 0) is 108 Å². The number of nitrogens with zero attached hydrogens (tertiary/aromatic N) is 7. The van der Waals surface area contributed by atoms with Gasteiger partial charge in [-0.2, -0.15) is 0 Å². The smallest absolute Gasteiger partial charge is 0.255 e. The minimum absolute atomic E-state index is 0.104. The van der Waals surface area contributed by atoms with Gasteiger partial charge in [0.25, 0.3) is 5.91 Å². The molecular weight excluding hydrogens is 578 g/mol. The summed E-state index contributed by atoms with van der Waals surface area (Å²) in [5, 5.41) is 6.63. The van der Waals surface area contributed by atoms with Crippen LogP contribution in [-0.2, 0) is 10.2 Å². The minimum Gasteiger partial charge on any atom is -0.361 e. The molecule has 0 aliphatic carbocycles. The number of aliphatic imine (C=N–C) groups is 4. The zero-order valence-electron chi connectivity index (χ0n) is 27.2. The average molecular weight is 622 g/mol. The molecule has 2 fully saturated rings. The van der Waals surface area contributed by atoms with Crippen LogP contribution < -0.4 is 15.5 Å². The summed E-state index contributed by atoms with van der Waals surface area (Å²) in [7, 11) is 0. The molecule has 2 aromatic carbocycles. The van der Waals surface area contributed by atoms with Gasteiger partial charge in [-0.3, -0.25) is 9.59 Å². The van der Waals surface area contributed by atoms with Gasteiger partial charge in [0.2, 0.25) is 11.9 Å². The van der Waals surface area contributed by atoms with E-state index in [-0.39, 0.29) is 11.8 Å². The standard InChI is InChI=1S/C35H43N9O2/c1-23-9-10-24(19-27(23)40-31-35(4)29(37-22-38-31)21-36-33(41-35)43-15-7-8-16-43)30(45)39-25-11-12-28-26(20-25)34(2,3)32(46)44(28)18-17-42-13-5-6-14-42/h9-12,19-22,31,40H,5-8,13-18H2,1-4H3,(H,39,45). The maximum atomic E-state index is 13.6. The zero-order valence-corrected chi connectivity index (χ0v) is 27.2. The summed E-state index contributed by atoms with van der Waals surface area (Å²) in [4.78, 5) is 52.4. The lowest BCUT2D eigenvalue weighted by Crippen LogP contribution is -2.54. The molecule has 5 aliphatic heterocycles. The van der Waals surface area contributed by atoms with E-state index in [1.807, 2.05) is 69.0 Å². The molecule has 2 amide bonds. The normalized spacial score (nSPS) is 25.0. The fourth-order valence-electron chi connectivity index (χ4n) is 7.11. The Balaban J connectivity index is 1.08. The Kier molecular flexibility index (Phi) is 7.75. The number of hydrogen-bond acceptors (Lipinski definition) is 9. The molecule has 0 aromatic heterocycles. The maximum Gasteiger partial charge on any atom is 0.255 e. The first-order valence-electron chi connectivity index (χ1n) is 16.5. The van der Waals surface area contributed by atoms with Crippen molar-refractivity contribution in [2.24, 2.45) is 20.0 Å². The number of hydrogen-bond donors (Lipinski definition) is 2. The number of fused-ring (bicyclic) bond motifs is 2. The molecule has 2 N–H and O–H groups in total. The number of benzene rings is 2. The van der Waals surface area contributed by atoms with Crippen molar-refractivity contribution in [3.05, 3.63) is 53.1 Å². The summed E-state index contributed by atoms with van der Waals surface area (Å²) in [5.74, 6) is 0.602. The van der Waals surface area contributed by atoms with Crippen LogP contribution in [0.25, 0.3) is 0 Å². The quantitative estimate of drug-likeness (QED) is 0.473. The Morgan fingerprint density at radius 1 is 0.978 bits per heavy atom. The molecule has 2 atom stereocenters. The largest absolute Gasteiger partial charge is 0.361 e. The van der Waals surface area contributed by atoms with E-state index in [1.54, 1.807) is 12.6 Å². The molecular formula is C35H43N9O2. The summed E-state index contributed by atoms with van der Waals surface area (Å²) in [5.41, 5.74) is 4.18. The van der Waals surface area contributed by atoms with Crippen molar-refractivity contribution in [3.8, 4) is 0 Å². The SMILES string of the molecule is Cc1ccc(C(=O)Nc2ccc3c(c2)C(C)(C)C(=O)N3CCN2CCCC2)cc1NC1N=CN=C2C=NC(N3CCCC3)=NC21C. The Labute approximate surface area is 270 Å². The van der Waals surface area contributed by atoms with Crippen LogP contribution in [-0.4, -0.2) is 96.8 Å². The second kappa shape index (κ2) is 11.8. The van der Waals surface area contributed by atoms with E-state index in [4.69, 9.17) is 4.99 Å². The lowest BCUT2D eigenvalue weighted by atomic mass is 9.86. The van der Waals surface area contributed by atoms with Crippen molar-refractivity contribution in [1.29, 1.82) is 0 Å². The van der Waals surface area contributed by atoms with Crippen LogP contribution in [0.15, 0.2) is 56.4 Å². The zero-order chi connectivity index (χ0) is 32.1. The van der Waals surface area contributed by atoms with Gasteiger partial charge in [-0.1, -0.05) is 6.07 Å². The predicted molar refractivity (Wildman–Crippen MR) is 185 cm³/mol. The number of amides is 2. The summed E-state index contributed by atoms with van der Waals surface area (Å²) < 4.78 is 0. The molecule has 5 aliphatic rings. The first kappa shape index (κ1) is 30.3. The van der Waals surface area contributed by atoms with Crippen molar-refractivity contribution >= 4 is 53.1 Å². The first-order valence-corrected chi connectivity index (χ1v) is 16.5. The highest BCUT2D eigenvalue weighted by Gasteiger charge is 2.45. The van der Waals surface area contributed by atoms with Gasteiger partial charge >= 0.3 is 0 Å². The molecule has 0 spiro atoms. The van der Waals surface area contributed by atoms with E-state index in [0.29, 0.717) is 17.8 Å². The van der Waals surface area contributed by atoms with Crippen molar-refractivity contribution in [3.63, 3.8) is 0 Å². The van der Waals surface area contributed by atoms with Crippen LogP contribution in [0.5, 0.6) is 0 Å². The number of guanidine groups is 1. The van der Waals surface area contributed by atoms with Crippen molar-refractivity contribution in [1.82, 2.24) is 9.80 Å². The summed E-state index contributed by atoms with van der Waals surface area (Å²) >= 11 is 0. The van der Waals surface area contributed by atoms with Crippen LogP contribution in [0.3, 0.4) is 0 Å². The second-order valence-electron chi connectivity index (χ2n) is 13.7. The Hall–Kier alpha value is -4.38. The maximum absolute atomic E-state index is 13.6. The Morgan fingerprint density at radius 3 is 2.52 bits per heavy atom. The number of carbonyl (C=O) groups excluding carboxylic acids is 2. The van der Waals surface area contributed by atoms with Crippen LogP contribution in [0, 0.1) is 6.92 Å². The van der Waals surface area contributed by atoms with Gasteiger partial charge in [0.15, 0.2) is 6.17 Å². The highest BCUT2D eigenvalue weighted by Crippen LogP contribution is 2.43. The number of aryl methyl sites for hydroxylation is 1. The fourth-order valence-corrected chi connectivity index (χ4v) is 7.11.